The van der Waals surface area contributed by atoms with Gasteiger partial charge in [0.05, 0.1) is 10.8 Å². The van der Waals surface area contributed by atoms with E-state index < -0.39 is 16.8 Å². The molecule has 102 valence electrons. The molecule has 2 atom stereocenters. The summed E-state index contributed by atoms with van der Waals surface area (Å²) in [6.45, 7) is 1.63. The van der Waals surface area contributed by atoms with E-state index >= 15 is 0 Å². The minimum Gasteiger partial charge on any atom is -0.481 e. The molecular weight excluding hydrogens is 250 g/mol. The Morgan fingerprint density at radius 2 is 2.32 bits per heavy atom. The van der Waals surface area contributed by atoms with Gasteiger partial charge in [0.15, 0.2) is 0 Å². The number of nitro groups is 1. The predicted molar refractivity (Wildman–Crippen MR) is 68.0 cm³/mol. The first-order chi connectivity index (χ1) is 9.00. The number of aromatic nitrogens is 1. The smallest absolute Gasteiger partial charge is 0.314 e. The van der Waals surface area contributed by atoms with E-state index in [2.05, 4.69) is 10.3 Å². The van der Waals surface area contributed by atoms with Crippen LogP contribution in [0.25, 0.3) is 0 Å². The minimum absolute atomic E-state index is 0.0847. The third kappa shape index (κ3) is 2.64. The molecule has 1 heterocycles. The molecule has 0 saturated heterocycles. The summed E-state index contributed by atoms with van der Waals surface area (Å²) < 4.78 is 0. The van der Waals surface area contributed by atoms with Crippen molar-refractivity contribution in [1.82, 2.24) is 4.98 Å². The lowest BCUT2D eigenvalue weighted by Gasteiger charge is -2.18. The number of carbonyl (C=O) groups is 1. The second-order valence-electron chi connectivity index (χ2n) is 4.71. The van der Waals surface area contributed by atoms with Gasteiger partial charge in [-0.3, -0.25) is 14.9 Å². The van der Waals surface area contributed by atoms with E-state index in [0.29, 0.717) is 18.4 Å². The van der Waals surface area contributed by atoms with Crippen molar-refractivity contribution in [3.8, 4) is 0 Å². The fraction of sp³-hybridized carbons (Fsp3) is 0.500. The van der Waals surface area contributed by atoms with Crippen molar-refractivity contribution in [2.75, 3.05) is 5.32 Å². The number of carboxylic acids is 1. The Morgan fingerprint density at radius 1 is 1.58 bits per heavy atom. The maximum Gasteiger partial charge on any atom is 0.314 e. The summed E-state index contributed by atoms with van der Waals surface area (Å²) in [7, 11) is 0. The standard InChI is InChI=1S/C12H15N3O4/c1-7-5-6-13-11(10(7)15(18)19)14-9-4-2-3-8(9)12(16)17/h5-6,8-9H,2-4H2,1H3,(H,13,14)(H,16,17). The molecule has 1 aliphatic carbocycles. The van der Waals surface area contributed by atoms with Crippen molar-refractivity contribution in [3.05, 3.63) is 27.9 Å². The van der Waals surface area contributed by atoms with Gasteiger partial charge in [0.2, 0.25) is 5.82 Å². The Hall–Kier alpha value is -2.18. The molecule has 1 saturated carbocycles. The van der Waals surface area contributed by atoms with E-state index in [1.165, 1.54) is 6.20 Å². The van der Waals surface area contributed by atoms with Crippen LogP contribution in [-0.2, 0) is 4.79 Å². The molecule has 0 amide bonds. The van der Waals surface area contributed by atoms with Crippen LogP contribution in [0.5, 0.6) is 0 Å². The van der Waals surface area contributed by atoms with E-state index in [1.54, 1.807) is 13.0 Å². The van der Waals surface area contributed by atoms with Crippen LogP contribution in [0.2, 0.25) is 0 Å². The zero-order valence-corrected chi connectivity index (χ0v) is 10.5. The largest absolute Gasteiger partial charge is 0.481 e. The number of hydrogen-bond donors (Lipinski definition) is 2. The Balaban J connectivity index is 2.26. The summed E-state index contributed by atoms with van der Waals surface area (Å²) in [6, 6.07) is 1.26. The lowest BCUT2D eigenvalue weighted by molar-refractivity contribution is -0.384. The molecule has 0 bridgehead atoms. The number of anilines is 1. The van der Waals surface area contributed by atoms with Gasteiger partial charge < -0.3 is 10.4 Å². The first kappa shape index (κ1) is 13.3. The van der Waals surface area contributed by atoms with Crippen LogP contribution in [0.4, 0.5) is 11.5 Å². The lowest BCUT2D eigenvalue weighted by atomic mass is 10.0. The molecule has 19 heavy (non-hydrogen) atoms. The van der Waals surface area contributed by atoms with Gasteiger partial charge in [-0.2, -0.15) is 0 Å². The van der Waals surface area contributed by atoms with Crippen molar-refractivity contribution < 1.29 is 14.8 Å². The Bertz CT molecular complexity index is 518. The Kier molecular flexibility index (Phi) is 3.64. The summed E-state index contributed by atoms with van der Waals surface area (Å²) in [6.07, 6.45) is 3.56. The first-order valence-corrected chi connectivity index (χ1v) is 6.10. The molecule has 2 rings (SSSR count). The van der Waals surface area contributed by atoms with Crippen molar-refractivity contribution in [3.63, 3.8) is 0 Å². The molecule has 0 radical (unpaired) electrons. The highest BCUT2D eigenvalue weighted by molar-refractivity contribution is 5.72. The van der Waals surface area contributed by atoms with Crippen LogP contribution < -0.4 is 5.32 Å². The zero-order valence-electron chi connectivity index (χ0n) is 10.5. The topological polar surface area (TPSA) is 105 Å². The summed E-state index contributed by atoms with van der Waals surface area (Å²) in [5.74, 6) is -1.23. The van der Waals surface area contributed by atoms with E-state index in [1.807, 2.05) is 0 Å². The lowest BCUT2D eigenvalue weighted by Crippen LogP contribution is -2.30. The zero-order chi connectivity index (χ0) is 14.0. The molecular formula is C12H15N3O4. The van der Waals surface area contributed by atoms with E-state index in [0.717, 1.165) is 6.42 Å². The van der Waals surface area contributed by atoms with Crippen LogP contribution in [-0.4, -0.2) is 27.0 Å². The summed E-state index contributed by atoms with van der Waals surface area (Å²) >= 11 is 0. The van der Waals surface area contributed by atoms with Gasteiger partial charge >= 0.3 is 11.7 Å². The van der Waals surface area contributed by atoms with Crippen LogP contribution in [0.1, 0.15) is 24.8 Å². The number of pyridine rings is 1. The van der Waals surface area contributed by atoms with Crippen molar-refractivity contribution >= 4 is 17.5 Å². The van der Waals surface area contributed by atoms with Gasteiger partial charge in [0.25, 0.3) is 0 Å². The minimum atomic E-state index is -0.870. The third-order valence-corrected chi connectivity index (χ3v) is 3.46. The van der Waals surface area contributed by atoms with Gasteiger partial charge in [-0.1, -0.05) is 6.42 Å². The van der Waals surface area contributed by atoms with Crippen LogP contribution in [0.3, 0.4) is 0 Å². The summed E-state index contributed by atoms with van der Waals surface area (Å²) in [4.78, 5) is 25.6. The monoisotopic (exact) mass is 265 g/mol. The average Bonchev–Trinajstić information content (AvgIpc) is 2.76. The highest BCUT2D eigenvalue weighted by Crippen LogP contribution is 2.32. The summed E-state index contributed by atoms with van der Waals surface area (Å²) in [5.41, 5.74) is 0.422. The number of rotatable bonds is 4. The number of hydrogen-bond acceptors (Lipinski definition) is 5. The van der Waals surface area contributed by atoms with Crippen molar-refractivity contribution in [2.45, 2.75) is 32.2 Å². The first-order valence-electron chi connectivity index (χ1n) is 6.10. The van der Waals surface area contributed by atoms with Gasteiger partial charge in [-0.15, -0.1) is 0 Å². The molecule has 2 N–H and O–H groups in total. The summed E-state index contributed by atoms with van der Waals surface area (Å²) in [5, 5.41) is 23.1. The molecule has 0 aliphatic heterocycles. The van der Waals surface area contributed by atoms with Crippen molar-refractivity contribution in [1.29, 1.82) is 0 Å². The highest BCUT2D eigenvalue weighted by Gasteiger charge is 2.34. The third-order valence-electron chi connectivity index (χ3n) is 3.46. The van der Waals surface area contributed by atoms with Gasteiger partial charge in [0.1, 0.15) is 0 Å². The molecule has 1 fully saturated rings. The molecule has 7 heteroatoms. The van der Waals surface area contributed by atoms with Crippen molar-refractivity contribution in [2.24, 2.45) is 5.92 Å². The second kappa shape index (κ2) is 5.21. The number of carboxylic acid groups (broad SMARTS) is 1. The Labute approximate surface area is 109 Å². The Morgan fingerprint density at radius 3 is 2.95 bits per heavy atom. The quantitative estimate of drug-likeness (QED) is 0.636. The fourth-order valence-corrected chi connectivity index (χ4v) is 2.49. The van der Waals surface area contributed by atoms with E-state index in [9.17, 15) is 14.9 Å². The van der Waals surface area contributed by atoms with Gasteiger partial charge in [0, 0.05) is 17.8 Å². The van der Waals surface area contributed by atoms with E-state index in [-0.39, 0.29) is 17.5 Å². The molecule has 0 aromatic carbocycles. The van der Waals surface area contributed by atoms with Gasteiger partial charge in [-0.25, -0.2) is 4.98 Å². The normalized spacial score (nSPS) is 22.2. The molecule has 2 unspecified atom stereocenters. The molecule has 1 aromatic heterocycles. The second-order valence-corrected chi connectivity index (χ2v) is 4.71. The number of nitrogens with zero attached hydrogens (tertiary/aromatic N) is 2. The SMILES string of the molecule is Cc1ccnc(NC2CCCC2C(=O)O)c1[N+](=O)[O-]. The number of aliphatic carboxylic acids is 1. The van der Waals surface area contributed by atoms with Crippen LogP contribution in [0.15, 0.2) is 12.3 Å². The highest BCUT2D eigenvalue weighted by atomic mass is 16.6. The number of nitrogens with one attached hydrogen (secondary N) is 1. The molecule has 7 nitrogen and oxygen atoms in total. The van der Waals surface area contributed by atoms with Crippen LogP contribution in [0, 0.1) is 23.0 Å². The molecule has 1 aromatic rings. The van der Waals surface area contributed by atoms with Crippen LogP contribution >= 0.6 is 0 Å². The van der Waals surface area contributed by atoms with Gasteiger partial charge in [-0.05, 0) is 25.8 Å². The molecule has 1 aliphatic rings. The molecule has 0 spiro atoms. The fourth-order valence-electron chi connectivity index (χ4n) is 2.49. The average molecular weight is 265 g/mol. The van der Waals surface area contributed by atoms with E-state index in [4.69, 9.17) is 5.11 Å². The maximum atomic E-state index is 11.1. The number of aryl methyl sites for hydroxylation is 1. The predicted octanol–water partition coefficient (Wildman–Crippen LogP) is 1.96. The maximum absolute atomic E-state index is 11.1.